The molecule has 1 aromatic heterocycles. The molecule has 0 radical (unpaired) electrons. The van der Waals surface area contributed by atoms with Gasteiger partial charge in [0.2, 0.25) is 0 Å². The maximum atomic E-state index is 10.6. The summed E-state index contributed by atoms with van der Waals surface area (Å²) < 4.78 is 37.6. The molecule has 6 nitrogen and oxygen atoms in total. The molecule has 0 saturated carbocycles. The van der Waals surface area contributed by atoms with Gasteiger partial charge in [0.25, 0.3) is 0 Å². The van der Waals surface area contributed by atoms with Crippen LogP contribution in [-0.4, -0.2) is 43.3 Å². The Labute approximate surface area is 136 Å². The number of para-hydroxylation sites is 2. The standard InChI is InChI=1S/C16H22N2O4S/c19-23(20,21)12-4-3-9-18-10-7-13(8-11-18)16-17-14-5-1-2-6-15(14)22-16/h1-2,5-6,13H,3-4,7-12H2,(H,19,20,21). The van der Waals surface area contributed by atoms with Crippen molar-refractivity contribution in [1.82, 2.24) is 4.98 Å². The minimum atomic E-state index is -4.06. The van der Waals surface area contributed by atoms with E-state index < -0.39 is 10.1 Å². The van der Waals surface area contributed by atoms with Gasteiger partial charge in [0.05, 0.1) is 29.8 Å². The van der Waals surface area contributed by atoms with Gasteiger partial charge in [0.1, 0.15) is 5.52 Å². The summed E-state index contributed by atoms with van der Waals surface area (Å²) >= 11 is 0. The molecular formula is C16H22N2O4S. The van der Waals surface area contributed by atoms with E-state index in [0.29, 0.717) is 12.3 Å². The lowest BCUT2D eigenvalue weighted by Crippen LogP contribution is -3.13. The zero-order chi connectivity index (χ0) is 16.3. The van der Waals surface area contributed by atoms with E-state index in [1.54, 1.807) is 0 Å². The Morgan fingerprint density at radius 2 is 1.96 bits per heavy atom. The van der Waals surface area contributed by atoms with Crippen molar-refractivity contribution < 1.29 is 22.3 Å². The van der Waals surface area contributed by atoms with Gasteiger partial charge in [-0.05, 0) is 25.0 Å². The molecule has 3 rings (SSSR count). The van der Waals surface area contributed by atoms with Crippen molar-refractivity contribution in [3.8, 4) is 0 Å². The van der Waals surface area contributed by atoms with Crippen LogP contribution in [0.1, 0.15) is 37.5 Å². The van der Waals surface area contributed by atoms with Gasteiger partial charge in [-0.3, -0.25) is 0 Å². The number of benzene rings is 1. The molecule has 1 saturated heterocycles. The molecule has 0 atom stereocenters. The van der Waals surface area contributed by atoms with Crippen molar-refractivity contribution in [2.45, 2.75) is 31.6 Å². The van der Waals surface area contributed by atoms with Gasteiger partial charge >= 0.3 is 0 Å². The quantitative estimate of drug-likeness (QED) is 0.625. The van der Waals surface area contributed by atoms with Gasteiger partial charge in [0.15, 0.2) is 11.5 Å². The van der Waals surface area contributed by atoms with Crippen molar-refractivity contribution in [2.24, 2.45) is 0 Å². The summed E-state index contributed by atoms with van der Waals surface area (Å²) in [5.41, 5.74) is 1.76. The second kappa shape index (κ2) is 6.98. The first kappa shape index (κ1) is 16.4. The summed E-state index contributed by atoms with van der Waals surface area (Å²) in [4.78, 5) is 6.06. The number of likely N-dealkylation sites (tertiary alicyclic amines) is 1. The van der Waals surface area contributed by atoms with Crippen molar-refractivity contribution in [3.05, 3.63) is 30.2 Å². The van der Waals surface area contributed by atoms with E-state index in [1.807, 2.05) is 24.3 Å². The van der Waals surface area contributed by atoms with Gasteiger partial charge in [-0.1, -0.05) is 12.1 Å². The summed E-state index contributed by atoms with van der Waals surface area (Å²) in [6, 6.07) is 7.82. The SMILES string of the molecule is O=S(=O)([O-])CCCC[NH+]1CCC(c2nc3ccccc3o2)CC1. The fraction of sp³-hybridized carbons (Fsp3) is 0.562. The third kappa shape index (κ3) is 4.53. The number of nitrogens with one attached hydrogen (secondary N) is 1. The van der Waals surface area contributed by atoms with Gasteiger partial charge in [-0.25, -0.2) is 13.4 Å². The lowest BCUT2D eigenvalue weighted by molar-refractivity contribution is -0.905. The van der Waals surface area contributed by atoms with E-state index in [9.17, 15) is 13.0 Å². The molecular weight excluding hydrogens is 316 g/mol. The molecule has 0 aliphatic carbocycles. The van der Waals surface area contributed by atoms with Gasteiger partial charge < -0.3 is 13.9 Å². The summed E-state index contributed by atoms with van der Waals surface area (Å²) in [6.45, 7) is 3.00. The molecule has 23 heavy (non-hydrogen) atoms. The second-order valence-corrected chi connectivity index (χ2v) is 7.79. The van der Waals surface area contributed by atoms with E-state index >= 15 is 0 Å². The number of piperidine rings is 1. The fourth-order valence-electron chi connectivity index (χ4n) is 3.24. The molecule has 1 N–H and O–H groups in total. The van der Waals surface area contributed by atoms with Crippen LogP contribution in [0.25, 0.3) is 11.1 Å². The smallest absolute Gasteiger partial charge is 0.199 e. The average molecular weight is 338 g/mol. The molecule has 126 valence electrons. The molecule has 2 heterocycles. The Morgan fingerprint density at radius 3 is 2.65 bits per heavy atom. The Hall–Kier alpha value is -1.44. The molecule has 0 spiro atoms. The number of rotatable bonds is 6. The van der Waals surface area contributed by atoms with Gasteiger partial charge in [-0.2, -0.15) is 0 Å². The van der Waals surface area contributed by atoms with Crippen LogP contribution in [0.2, 0.25) is 0 Å². The Kier molecular flexibility index (Phi) is 4.99. The number of oxazole rings is 1. The monoisotopic (exact) mass is 338 g/mol. The first-order valence-corrected chi connectivity index (χ1v) is 9.71. The number of aromatic nitrogens is 1. The highest BCUT2D eigenvalue weighted by Gasteiger charge is 2.26. The van der Waals surface area contributed by atoms with Crippen LogP contribution >= 0.6 is 0 Å². The highest BCUT2D eigenvalue weighted by Crippen LogP contribution is 2.26. The van der Waals surface area contributed by atoms with Crippen molar-refractivity contribution in [3.63, 3.8) is 0 Å². The Morgan fingerprint density at radius 1 is 1.22 bits per heavy atom. The maximum Gasteiger partial charge on any atom is 0.199 e. The Balaban J connectivity index is 1.46. The molecule has 1 aliphatic rings. The predicted molar refractivity (Wildman–Crippen MR) is 85.3 cm³/mol. The molecule has 0 bridgehead atoms. The lowest BCUT2D eigenvalue weighted by Gasteiger charge is -2.27. The van der Waals surface area contributed by atoms with E-state index in [2.05, 4.69) is 4.98 Å². The van der Waals surface area contributed by atoms with Crippen molar-refractivity contribution in [2.75, 3.05) is 25.4 Å². The minimum Gasteiger partial charge on any atom is -0.748 e. The third-order valence-electron chi connectivity index (χ3n) is 4.53. The third-order valence-corrected chi connectivity index (χ3v) is 5.32. The van der Waals surface area contributed by atoms with Crippen LogP contribution < -0.4 is 4.90 Å². The van der Waals surface area contributed by atoms with Crippen LogP contribution in [0.15, 0.2) is 28.7 Å². The van der Waals surface area contributed by atoms with E-state index in [4.69, 9.17) is 4.42 Å². The summed E-state index contributed by atoms with van der Waals surface area (Å²) in [5, 5.41) is 0. The van der Waals surface area contributed by atoms with Crippen LogP contribution in [0.5, 0.6) is 0 Å². The van der Waals surface area contributed by atoms with E-state index in [-0.39, 0.29) is 5.75 Å². The highest BCUT2D eigenvalue weighted by molar-refractivity contribution is 7.85. The van der Waals surface area contributed by atoms with Crippen LogP contribution in [0.3, 0.4) is 0 Å². The van der Waals surface area contributed by atoms with Crippen LogP contribution in [0, 0.1) is 0 Å². The minimum absolute atomic E-state index is 0.244. The molecule has 2 aromatic rings. The zero-order valence-corrected chi connectivity index (χ0v) is 13.8. The molecule has 7 heteroatoms. The number of unbranched alkanes of at least 4 members (excludes halogenated alkanes) is 1. The summed E-state index contributed by atoms with van der Waals surface area (Å²) in [5.74, 6) is 0.960. The molecule has 0 amide bonds. The maximum absolute atomic E-state index is 10.6. The van der Waals surface area contributed by atoms with E-state index in [0.717, 1.165) is 55.9 Å². The topological polar surface area (TPSA) is 87.7 Å². The number of fused-ring (bicyclic) bond motifs is 1. The van der Waals surface area contributed by atoms with Crippen molar-refractivity contribution >= 4 is 21.2 Å². The van der Waals surface area contributed by atoms with Gasteiger partial charge in [0, 0.05) is 24.5 Å². The normalized spacial score (nSPS) is 22.5. The van der Waals surface area contributed by atoms with Crippen LogP contribution in [0.4, 0.5) is 0 Å². The first-order chi connectivity index (χ1) is 11.0. The predicted octanol–water partition coefficient (Wildman–Crippen LogP) is 0.916. The zero-order valence-electron chi connectivity index (χ0n) is 13.0. The largest absolute Gasteiger partial charge is 0.748 e. The van der Waals surface area contributed by atoms with Gasteiger partial charge in [-0.15, -0.1) is 0 Å². The summed E-state index contributed by atoms with van der Waals surface area (Å²) in [7, 11) is -4.06. The molecule has 1 aromatic carbocycles. The number of hydrogen-bond donors (Lipinski definition) is 1. The highest BCUT2D eigenvalue weighted by atomic mass is 32.2. The Bertz CT molecular complexity index is 715. The van der Waals surface area contributed by atoms with Crippen molar-refractivity contribution in [1.29, 1.82) is 0 Å². The summed E-state index contributed by atoms with van der Waals surface area (Å²) in [6.07, 6.45) is 3.30. The van der Waals surface area contributed by atoms with Crippen LogP contribution in [-0.2, 0) is 10.1 Å². The second-order valence-electron chi connectivity index (χ2n) is 6.26. The first-order valence-electron chi connectivity index (χ1n) is 8.14. The average Bonchev–Trinajstić information content (AvgIpc) is 2.95. The number of nitrogens with zero attached hydrogens (tertiary/aromatic N) is 1. The fourth-order valence-corrected chi connectivity index (χ4v) is 3.80. The molecule has 1 fully saturated rings. The number of hydrogen-bond acceptors (Lipinski definition) is 5. The van der Waals surface area contributed by atoms with E-state index in [1.165, 1.54) is 4.90 Å². The lowest BCUT2D eigenvalue weighted by atomic mass is 9.96. The molecule has 1 aliphatic heterocycles. The molecule has 0 unspecified atom stereocenters. The number of quaternary nitrogens is 1.